The summed E-state index contributed by atoms with van der Waals surface area (Å²) in [7, 11) is 0. The van der Waals surface area contributed by atoms with E-state index in [0.717, 1.165) is 5.69 Å². The maximum absolute atomic E-state index is 12.4. The molecule has 116 valence electrons. The molecule has 3 aromatic rings. The Morgan fingerprint density at radius 1 is 1.09 bits per heavy atom. The molecule has 0 radical (unpaired) electrons. The van der Waals surface area contributed by atoms with Crippen molar-refractivity contribution in [2.45, 2.75) is 6.61 Å². The Kier molecular flexibility index (Phi) is 4.14. The van der Waals surface area contributed by atoms with Crippen LogP contribution in [-0.2, 0) is 0 Å². The largest absolute Gasteiger partial charge is 0.434 e. The van der Waals surface area contributed by atoms with Crippen molar-refractivity contribution in [3.8, 4) is 22.7 Å². The molecule has 23 heavy (non-hydrogen) atoms. The van der Waals surface area contributed by atoms with Crippen molar-refractivity contribution < 1.29 is 18.3 Å². The second-order valence-corrected chi connectivity index (χ2v) is 4.73. The van der Waals surface area contributed by atoms with Crippen LogP contribution in [0.1, 0.15) is 10.4 Å². The van der Waals surface area contributed by atoms with E-state index in [9.17, 15) is 13.6 Å². The van der Waals surface area contributed by atoms with Gasteiger partial charge in [-0.05, 0) is 30.3 Å². The topological polar surface area (TPSA) is 44.1 Å². The van der Waals surface area contributed by atoms with Gasteiger partial charge in [0.1, 0.15) is 5.75 Å². The van der Waals surface area contributed by atoms with Crippen molar-refractivity contribution in [3.05, 3.63) is 66.4 Å². The molecule has 0 unspecified atom stereocenters. The van der Waals surface area contributed by atoms with Gasteiger partial charge in [0, 0.05) is 11.8 Å². The van der Waals surface area contributed by atoms with E-state index in [1.54, 1.807) is 23.0 Å². The number of rotatable bonds is 5. The monoisotopic (exact) mass is 314 g/mol. The summed E-state index contributed by atoms with van der Waals surface area (Å²) in [5.74, 6) is -0.165. The van der Waals surface area contributed by atoms with E-state index in [4.69, 9.17) is 0 Å². The lowest BCUT2D eigenvalue weighted by molar-refractivity contribution is -0.0500. The molecule has 2 aromatic carbocycles. The molecule has 0 saturated carbocycles. The average Bonchev–Trinajstić information content (AvgIpc) is 3.05. The van der Waals surface area contributed by atoms with Gasteiger partial charge < -0.3 is 4.74 Å². The third-order valence-corrected chi connectivity index (χ3v) is 3.26. The number of hydrogen-bond donors (Lipinski definition) is 0. The van der Waals surface area contributed by atoms with Gasteiger partial charge in [0.2, 0.25) is 0 Å². The fraction of sp³-hybridized carbons (Fsp3) is 0.0588. The Labute approximate surface area is 130 Å². The Morgan fingerprint density at radius 2 is 1.87 bits per heavy atom. The summed E-state index contributed by atoms with van der Waals surface area (Å²) in [6, 6.07) is 15.7. The maximum Gasteiger partial charge on any atom is 0.387 e. The van der Waals surface area contributed by atoms with Crippen LogP contribution >= 0.6 is 0 Å². The highest BCUT2D eigenvalue weighted by Gasteiger charge is 2.12. The third-order valence-electron chi connectivity index (χ3n) is 3.26. The van der Waals surface area contributed by atoms with Crippen molar-refractivity contribution in [1.29, 1.82) is 0 Å². The predicted octanol–water partition coefficient (Wildman–Crippen LogP) is 3.95. The number of halogens is 2. The van der Waals surface area contributed by atoms with Gasteiger partial charge in [0.15, 0.2) is 6.29 Å². The highest BCUT2D eigenvalue weighted by Crippen LogP contribution is 2.27. The van der Waals surface area contributed by atoms with E-state index >= 15 is 0 Å². The van der Waals surface area contributed by atoms with E-state index in [-0.39, 0.29) is 11.3 Å². The Morgan fingerprint density at radius 3 is 2.57 bits per heavy atom. The Hall–Kier alpha value is -3.02. The summed E-state index contributed by atoms with van der Waals surface area (Å²) in [6.07, 6.45) is 2.25. The molecule has 0 N–H and O–H groups in total. The number of hydrogen-bond acceptors (Lipinski definition) is 3. The first kappa shape index (κ1) is 14.9. The van der Waals surface area contributed by atoms with Crippen LogP contribution in [0.25, 0.3) is 16.9 Å². The van der Waals surface area contributed by atoms with Crippen molar-refractivity contribution >= 4 is 6.29 Å². The Balaban J connectivity index is 1.96. The minimum absolute atomic E-state index is 0.0662. The molecule has 0 atom stereocenters. The fourth-order valence-corrected chi connectivity index (χ4v) is 2.19. The van der Waals surface area contributed by atoms with Crippen LogP contribution < -0.4 is 4.74 Å². The first-order chi connectivity index (χ1) is 11.2. The van der Waals surface area contributed by atoms with E-state index in [0.29, 0.717) is 17.5 Å². The molecule has 4 nitrogen and oxygen atoms in total. The Bertz CT molecular complexity index is 816. The second kappa shape index (κ2) is 6.39. The molecule has 0 aliphatic heterocycles. The molecule has 1 aromatic heterocycles. The summed E-state index contributed by atoms with van der Waals surface area (Å²) >= 11 is 0. The number of benzene rings is 2. The SMILES string of the molecule is O=Cc1ccc(-c2ccn(-c3ccccc3)n2)cc1OC(F)F. The zero-order chi connectivity index (χ0) is 16.2. The van der Waals surface area contributed by atoms with Gasteiger partial charge in [0.05, 0.1) is 16.9 Å². The molecule has 1 heterocycles. The fourth-order valence-electron chi connectivity index (χ4n) is 2.19. The normalized spacial score (nSPS) is 10.7. The van der Waals surface area contributed by atoms with Crippen LogP contribution in [0, 0.1) is 0 Å². The minimum Gasteiger partial charge on any atom is -0.434 e. The minimum atomic E-state index is -2.99. The highest BCUT2D eigenvalue weighted by atomic mass is 19.3. The molecule has 0 bridgehead atoms. The number of para-hydroxylation sites is 1. The molecule has 0 amide bonds. The molecule has 0 aliphatic carbocycles. The van der Waals surface area contributed by atoms with E-state index < -0.39 is 6.61 Å². The van der Waals surface area contributed by atoms with Gasteiger partial charge in [-0.15, -0.1) is 0 Å². The summed E-state index contributed by atoms with van der Waals surface area (Å²) < 4.78 is 30.9. The van der Waals surface area contributed by atoms with Gasteiger partial charge in [-0.2, -0.15) is 13.9 Å². The van der Waals surface area contributed by atoms with E-state index in [1.165, 1.54) is 12.1 Å². The number of alkyl halides is 2. The van der Waals surface area contributed by atoms with Crippen LogP contribution in [0.4, 0.5) is 8.78 Å². The third kappa shape index (κ3) is 3.26. The lowest BCUT2D eigenvalue weighted by atomic mass is 10.1. The molecule has 0 fully saturated rings. The van der Waals surface area contributed by atoms with Crippen LogP contribution in [0.5, 0.6) is 5.75 Å². The summed E-state index contributed by atoms with van der Waals surface area (Å²) in [5.41, 5.74) is 2.12. The molecule has 6 heteroatoms. The molecule has 0 aliphatic rings. The number of aromatic nitrogens is 2. The van der Waals surface area contributed by atoms with E-state index in [2.05, 4.69) is 9.84 Å². The summed E-state index contributed by atoms with van der Waals surface area (Å²) in [4.78, 5) is 10.9. The van der Waals surface area contributed by atoms with E-state index in [1.807, 2.05) is 30.3 Å². The van der Waals surface area contributed by atoms with Crippen molar-refractivity contribution in [1.82, 2.24) is 9.78 Å². The van der Waals surface area contributed by atoms with Gasteiger partial charge in [-0.25, -0.2) is 4.68 Å². The second-order valence-electron chi connectivity index (χ2n) is 4.73. The first-order valence-electron chi connectivity index (χ1n) is 6.83. The zero-order valence-corrected chi connectivity index (χ0v) is 11.9. The number of ether oxygens (including phenoxy) is 1. The van der Waals surface area contributed by atoms with Crippen molar-refractivity contribution in [2.24, 2.45) is 0 Å². The number of carbonyl (C=O) groups excluding carboxylic acids is 1. The molecule has 3 rings (SSSR count). The van der Waals surface area contributed by atoms with Crippen molar-refractivity contribution in [2.75, 3.05) is 0 Å². The lowest BCUT2D eigenvalue weighted by Crippen LogP contribution is -2.04. The van der Waals surface area contributed by atoms with Crippen LogP contribution in [0.2, 0.25) is 0 Å². The number of carbonyl (C=O) groups is 1. The molecule has 0 saturated heterocycles. The van der Waals surface area contributed by atoms with Gasteiger partial charge >= 0.3 is 6.61 Å². The van der Waals surface area contributed by atoms with Gasteiger partial charge in [0.25, 0.3) is 0 Å². The summed E-state index contributed by atoms with van der Waals surface area (Å²) in [5, 5.41) is 4.41. The smallest absolute Gasteiger partial charge is 0.387 e. The first-order valence-corrected chi connectivity index (χ1v) is 6.83. The van der Waals surface area contributed by atoms with Gasteiger partial charge in [-0.3, -0.25) is 4.79 Å². The van der Waals surface area contributed by atoms with Crippen LogP contribution in [0.3, 0.4) is 0 Å². The standard InChI is InChI=1S/C17H12F2N2O2/c18-17(19)23-16-10-12(6-7-13(16)11-22)15-8-9-21(20-15)14-4-2-1-3-5-14/h1-11,17H. The van der Waals surface area contributed by atoms with Crippen molar-refractivity contribution in [3.63, 3.8) is 0 Å². The molecular weight excluding hydrogens is 302 g/mol. The quantitative estimate of drug-likeness (QED) is 0.670. The predicted molar refractivity (Wildman–Crippen MR) is 81.0 cm³/mol. The average molecular weight is 314 g/mol. The maximum atomic E-state index is 12.4. The van der Waals surface area contributed by atoms with Gasteiger partial charge in [-0.1, -0.05) is 24.3 Å². The molecular formula is C17H12F2N2O2. The summed E-state index contributed by atoms with van der Waals surface area (Å²) in [6.45, 7) is -2.99. The van der Waals surface area contributed by atoms with Crippen LogP contribution in [0.15, 0.2) is 60.8 Å². The lowest BCUT2D eigenvalue weighted by Gasteiger charge is -2.08. The van der Waals surface area contributed by atoms with Crippen LogP contribution in [-0.4, -0.2) is 22.7 Å². The highest BCUT2D eigenvalue weighted by molar-refractivity contribution is 5.81. The number of nitrogens with zero attached hydrogens (tertiary/aromatic N) is 2. The zero-order valence-electron chi connectivity index (χ0n) is 11.9. The molecule has 0 spiro atoms. The number of aldehydes is 1.